The third-order valence-corrected chi connectivity index (χ3v) is 5.84. The van der Waals surface area contributed by atoms with Crippen LogP contribution in [0.1, 0.15) is 44.2 Å². The second-order valence-electron chi connectivity index (χ2n) is 7.68. The van der Waals surface area contributed by atoms with Crippen LogP contribution < -0.4 is 15.0 Å². The van der Waals surface area contributed by atoms with Gasteiger partial charge in [-0.2, -0.15) is 0 Å². The summed E-state index contributed by atoms with van der Waals surface area (Å²) in [6, 6.07) is 9.64. The van der Waals surface area contributed by atoms with Gasteiger partial charge in [-0.05, 0) is 43.9 Å². The van der Waals surface area contributed by atoms with Crippen molar-refractivity contribution in [3.63, 3.8) is 0 Å². The summed E-state index contributed by atoms with van der Waals surface area (Å²) in [5.41, 5.74) is 2.01. The molecule has 6 heteroatoms. The quantitative estimate of drug-likeness (QED) is 0.598. The van der Waals surface area contributed by atoms with E-state index in [1.807, 2.05) is 44.3 Å². The maximum absolute atomic E-state index is 13.2. The maximum Gasteiger partial charge on any atom is 0.237 e. The molecule has 0 saturated carbocycles. The van der Waals surface area contributed by atoms with Gasteiger partial charge >= 0.3 is 0 Å². The van der Waals surface area contributed by atoms with Gasteiger partial charge in [-0.15, -0.1) is 0 Å². The lowest BCUT2D eigenvalue weighted by atomic mass is 9.79. The highest BCUT2D eigenvalue weighted by atomic mass is 16.5. The van der Waals surface area contributed by atoms with Crippen molar-refractivity contribution >= 4 is 29.8 Å². The van der Waals surface area contributed by atoms with Gasteiger partial charge in [0, 0.05) is 18.3 Å². The molecule has 0 aliphatic carbocycles. The summed E-state index contributed by atoms with van der Waals surface area (Å²) < 4.78 is 6.19. The van der Waals surface area contributed by atoms with Gasteiger partial charge in [-0.25, -0.2) is 4.98 Å². The molecule has 2 heterocycles. The minimum atomic E-state index is -0.670. The molecule has 1 N–H and O–H groups in total. The normalized spacial score (nSPS) is 18.6. The molecule has 1 aliphatic rings. The third kappa shape index (κ3) is 3.95. The Labute approximate surface area is 178 Å². The van der Waals surface area contributed by atoms with Gasteiger partial charge < -0.3 is 19.7 Å². The Hall–Kier alpha value is -3.15. The first-order chi connectivity index (χ1) is 14.5. The Morgan fingerprint density at radius 3 is 2.80 bits per heavy atom. The summed E-state index contributed by atoms with van der Waals surface area (Å²) in [5, 5.41) is 3.03. The molecule has 0 bridgehead atoms. The highest BCUT2D eigenvalue weighted by Crippen LogP contribution is 2.44. The predicted molar refractivity (Wildman–Crippen MR) is 120 cm³/mol. The number of nitrogens with zero attached hydrogens (tertiary/aromatic N) is 2. The standard InChI is InChI=1S/C24H29N3O3/c1-5-17-15-19(16-26-22(17)25-4)30-18(6-2)11-12-24(3)20-9-7-8-10-21(20)27(13-14-28)23(24)29/h5,7-10,14-16,18H,1,6,11-13H2,2-4H3,(H,25,26)/t18?,24-/m0/s1. The average molecular weight is 408 g/mol. The van der Waals surface area contributed by atoms with E-state index in [1.54, 1.807) is 17.2 Å². The zero-order valence-corrected chi connectivity index (χ0v) is 17.9. The van der Waals surface area contributed by atoms with Gasteiger partial charge in [0.25, 0.3) is 0 Å². The number of amides is 1. The number of carbonyl (C=O) groups is 2. The van der Waals surface area contributed by atoms with Crippen molar-refractivity contribution in [3.8, 4) is 5.75 Å². The van der Waals surface area contributed by atoms with Crippen LogP contribution in [-0.2, 0) is 15.0 Å². The first kappa shape index (κ1) is 21.6. The van der Waals surface area contributed by atoms with Crippen molar-refractivity contribution in [3.05, 3.63) is 54.2 Å². The zero-order valence-electron chi connectivity index (χ0n) is 17.9. The molecule has 158 valence electrons. The summed E-state index contributed by atoms with van der Waals surface area (Å²) in [6.45, 7) is 7.94. The minimum absolute atomic E-state index is 0.0281. The van der Waals surface area contributed by atoms with E-state index in [9.17, 15) is 9.59 Å². The molecule has 0 saturated heterocycles. The van der Waals surface area contributed by atoms with E-state index in [2.05, 4.69) is 23.8 Å². The number of hydrogen-bond acceptors (Lipinski definition) is 5. The maximum atomic E-state index is 13.2. The Kier molecular flexibility index (Phi) is 6.55. The van der Waals surface area contributed by atoms with Crippen molar-refractivity contribution in [2.24, 2.45) is 0 Å². The molecule has 0 spiro atoms. The minimum Gasteiger partial charge on any atom is -0.489 e. The summed E-state index contributed by atoms with van der Waals surface area (Å²) >= 11 is 0. The van der Waals surface area contributed by atoms with Gasteiger partial charge in [-0.1, -0.05) is 37.8 Å². The van der Waals surface area contributed by atoms with E-state index in [0.717, 1.165) is 35.3 Å². The van der Waals surface area contributed by atoms with E-state index in [0.29, 0.717) is 18.6 Å². The lowest BCUT2D eigenvalue weighted by Crippen LogP contribution is -2.39. The molecular weight excluding hydrogens is 378 g/mol. The molecule has 2 aromatic rings. The fourth-order valence-electron chi connectivity index (χ4n) is 4.07. The Morgan fingerprint density at radius 2 is 2.13 bits per heavy atom. The topological polar surface area (TPSA) is 71.5 Å². The molecule has 0 radical (unpaired) electrons. The van der Waals surface area contributed by atoms with Crippen LogP contribution in [0.3, 0.4) is 0 Å². The molecular formula is C24H29N3O3. The molecule has 1 unspecified atom stereocenters. The number of carbonyl (C=O) groups excluding carboxylic acids is 2. The van der Waals surface area contributed by atoms with Crippen LogP contribution in [0, 0.1) is 0 Å². The highest BCUT2D eigenvalue weighted by Gasteiger charge is 2.46. The van der Waals surface area contributed by atoms with Crippen molar-refractivity contribution in [2.45, 2.75) is 44.6 Å². The Bertz CT molecular complexity index is 943. The van der Waals surface area contributed by atoms with E-state index < -0.39 is 5.41 Å². The van der Waals surface area contributed by atoms with Crippen LogP contribution in [0.5, 0.6) is 5.75 Å². The SMILES string of the molecule is C=Cc1cc(OC(CC)CC[C@]2(C)C(=O)N(CC=O)c3ccccc32)cnc1NC. The van der Waals surface area contributed by atoms with Crippen molar-refractivity contribution in [2.75, 3.05) is 23.8 Å². The fraction of sp³-hybridized carbons (Fsp3) is 0.375. The average Bonchev–Trinajstić information content (AvgIpc) is 2.99. The van der Waals surface area contributed by atoms with Crippen molar-refractivity contribution in [1.82, 2.24) is 4.98 Å². The number of hydrogen-bond donors (Lipinski definition) is 1. The second kappa shape index (κ2) is 9.11. The van der Waals surface area contributed by atoms with Gasteiger partial charge in [0.2, 0.25) is 5.91 Å². The molecule has 2 atom stereocenters. The van der Waals surface area contributed by atoms with Crippen LogP contribution in [0.15, 0.2) is 43.1 Å². The first-order valence-electron chi connectivity index (χ1n) is 10.3. The molecule has 1 aromatic heterocycles. The first-order valence-corrected chi connectivity index (χ1v) is 10.3. The number of aromatic nitrogens is 1. The third-order valence-electron chi connectivity index (χ3n) is 5.84. The number of ether oxygens (including phenoxy) is 1. The molecule has 1 aromatic carbocycles. The van der Waals surface area contributed by atoms with Crippen LogP contribution in [0.2, 0.25) is 0 Å². The highest BCUT2D eigenvalue weighted by molar-refractivity contribution is 6.09. The number of benzene rings is 1. The van der Waals surface area contributed by atoms with Gasteiger partial charge in [-0.3, -0.25) is 4.79 Å². The monoisotopic (exact) mass is 407 g/mol. The largest absolute Gasteiger partial charge is 0.489 e. The van der Waals surface area contributed by atoms with E-state index in [1.165, 1.54) is 0 Å². The van der Waals surface area contributed by atoms with Crippen LogP contribution in [0.25, 0.3) is 6.08 Å². The second-order valence-corrected chi connectivity index (χ2v) is 7.68. The smallest absolute Gasteiger partial charge is 0.237 e. The fourth-order valence-corrected chi connectivity index (χ4v) is 4.07. The van der Waals surface area contributed by atoms with Gasteiger partial charge in [0.05, 0.1) is 24.3 Å². The van der Waals surface area contributed by atoms with Gasteiger partial charge in [0.1, 0.15) is 17.9 Å². The number of fused-ring (bicyclic) bond motifs is 1. The predicted octanol–water partition coefficient (Wildman–Crippen LogP) is 4.21. The van der Waals surface area contributed by atoms with Crippen LogP contribution >= 0.6 is 0 Å². The lowest BCUT2D eigenvalue weighted by molar-refractivity contribution is -0.123. The van der Waals surface area contributed by atoms with Crippen molar-refractivity contribution in [1.29, 1.82) is 0 Å². The lowest BCUT2D eigenvalue weighted by Gasteiger charge is -2.26. The van der Waals surface area contributed by atoms with Crippen LogP contribution in [0.4, 0.5) is 11.5 Å². The molecule has 0 fully saturated rings. The molecule has 1 amide bonds. The molecule has 3 rings (SSSR count). The number of aldehydes is 1. The summed E-state index contributed by atoms with van der Waals surface area (Å²) in [4.78, 5) is 30.3. The number of anilines is 2. The summed E-state index contributed by atoms with van der Waals surface area (Å²) in [6.07, 6.45) is 6.31. The van der Waals surface area contributed by atoms with Crippen molar-refractivity contribution < 1.29 is 14.3 Å². The number of pyridine rings is 1. The van der Waals surface area contributed by atoms with E-state index in [4.69, 9.17) is 4.74 Å². The molecule has 1 aliphatic heterocycles. The van der Waals surface area contributed by atoms with E-state index in [-0.39, 0.29) is 18.6 Å². The summed E-state index contributed by atoms with van der Waals surface area (Å²) in [7, 11) is 1.82. The summed E-state index contributed by atoms with van der Waals surface area (Å²) in [5.74, 6) is 1.41. The number of para-hydroxylation sites is 1. The zero-order chi connectivity index (χ0) is 21.7. The van der Waals surface area contributed by atoms with E-state index >= 15 is 0 Å². The van der Waals surface area contributed by atoms with Crippen LogP contribution in [-0.4, -0.2) is 36.9 Å². The number of nitrogens with one attached hydrogen (secondary N) is 1. The number of rotatable bonds is 10. The molecule has 6 nitrogen and oxygen atoms in total. The Morgan fingerprint density at radius 1 is 1.37 bits per heavy atom. The molecule has 30 heavy (non-hydrogen) atoms. The van der Waals surface area contributed by atoms with Gasteiger partial charge in [0.15, 0.2) is 0 Å². The Balaban J connectivity index is 1.77.